The van der Waals surface area contributed by atoms with E-state index >= 15 is 0 Å². The van der Waals surface area contributed by atoms with Crippen molar-refractivity contribution in [1.29, 1.82) is 0 Å². The zero-order chi connectivity index (χ0) is 13.5. The number of hydrogen-bond acceptors (Lipinski definition) is 4. The summed E-state index contributed by atoms with van der Waals surface area (Å²) in [7, 11) is -0.817. The van der Waals surface area contributed by atoms with E-state index in [9.17, 15) is 4.21 Å². The molecule has 4 nitrogen and oxygen atoms in total. The van der Waals surface area contributed by atoms with E-state index in [2.05, 4.69) is 12.2 Å². The van der Waals surface area contributed by atoms with Crippen LogP contribution in [-0.2, 0) is 10.8 Å². The molecule has 3 N–H and O–H groups in total. The van der Waals surface area contributed by atoms with Gasteiger partial charge in [0.2, 0.25) is 0 Å². The molecular weight excluding hydrogens is 248 g/mol. The van der Waals surface area contributed by atoms with Crippen LogP contribution in [-0.4, -0.2) is 28.9 Å². The second-order valence-corrected chi connectivity index (χ2v) is 6.09. The van der Waals surface area contributed by atoms with Gasteiger partial charge >= 0.3 is 0 Å². The molecule has 5 heteroatoms. The molecule has 1 aromatic rings. The van der Waals surface area contributed by atoms with Crippen LogP contribution in [0.1, 0.15) is 20.3 Å². The maximum absolute atomic E-state index is 11.3. The van der Waals surface area contributed by atoms with E-state index in [0.717, 1.165) is 12.1 Å². The number of nitrogens with two attached hydrogens (primary N) is 1. The molecule has 0 radical (unpaired) electrons. The molecule has 18 heavy (non-hydrogen) atoms. The minimum atomic E-state index is -0.817. The van der Waals surface area contributed by atoms with E-state index in [4.69, 9.17) is 10.5 Å². The Bertz CT molecular complexity index is 410. The summed E-state index contributed by atoms with van der Waals surface area (Å²) in [4.78, 5) is 0. The third kappa shape index (κ3) is 4.56. The van der Waals surface area contributed by atoms with Crippen LogP contribution in [0.2, 0.25) is 0 Å². The lowest BCUT2D eigenvalue weighted by Crippen LogP contribution is -2.20. The molecule has 0 aliphatic carbocycles. The van der Waals surface area contributed by atoms with E-state index in [-0.39, 0.29) is 5.25 Å². The van der Waals surface area contributed by atoms with E-state index in [0.29, 0.717) is 24.6 Å². The van der Waals surface area contributed by atoms with Gasteiger partial charge in [-0.05, 0) is 25.5 Å². The largest absolute Gasteiger partial charge is 0.491 e. The Morgan fingerprint density at radius 2 is 2.22 bits per heavy atom. The highest BCUT2D eigenvalue weighted by molar-refractivity contribution is 7.84. The van der Waals surface area contributed by atoms with Gasteiger partial charge in [-0.15, -0.1) is 0 Å². The Kier molecular flexibility index (Phi) is 5.98. The first-order valence-electron chi connectivity index (χ1n) is 6.13. The lowest BCUT2D eigenvalue weighted by Gasteiger charge is -2.13. The first-order valence-corrected chi connectivity index (χ1v) is 7.75. The zero-order valence-corrected chi connectivity index (χ0v) is 12.0. The third-order valence-electron chi connectivity index (χ3n) is 2.64. The van der Waals surface area contributed by atoms with Gasteiger partial charge in [-0.25, -0.2) is 0 Å². The number of nitrogens with one attached hydrogen (secondary N) is 1. The summed E-state index contributed by atoms with van der Waals surface area (Å²) in [5.41, 5.74) is 7.41. The third-order valence-corrected chi connectivity index (χ3v) is 3.94. The van der Waals surface area contributed by atoms with E-state index < -0.39 is 10.8 Å². The minimum absolute atomic E-state index is 0.113. The molecule has 0 heterocycles. The molecule has 0 fully saturated rings. The molecule has 0 aromatic heterocycles. The van der Waals surface area contributed by atoms with Gasteiger partial charge in [0.1, 0.15) is 5.75 Å². The van der Waals surface area contributed by atoms with Crippen molar-refractivity contribution in [2.45, 2.75) is 25.5 Å². The van der Waals surface area contributed by atoms with Crippen molar-refractivity contribution in [3.05, 3.63) is 18.2 Å². The van der Waals surface area contributed by atoms with Crippen LogP contribution in [0.4, 0.5) is 11.4 Å². The molecule has 1 rings (SSSR count). The number of benzene rings is 1. The molecule has 102 valence electrons. The van der Waals surface area contributed by atoms with Crippen molar-refractivity contribution in [2.75, 3.05) is 30.5 Å². The molecule has 2 unspecified atom stereocenters. The summed E-state index contributed by atoms with van der Waals surface area (Å²) in [6.07, 6.45) is 2.66. The molecule has 0 bridgehead atoms. The van der Waals surface area contributed by atoms with Crippen molar-refractivity contribution in [3.8, 4) is 5.75 Å². The number of anilines is 2. The maximum Gasteiger partial charge on any atom is 0.144 e. The lowest BCUT2D eigenvalue weighted by molar-refractivity contribution is 0.319. The van der Waals surface area contributed by atoms with Crippen LogP contribution in [0, 0.1) is 0 Å². The predicted octanol–water partition coefficient (Wildman–Crippen LogP) is 2.24. The molecule has 0 saturated carbocycles. The Morgan fingerprint density at radius 1 is 1.50 bits per heavy atom. The monoisotopic (exact) mass is 270 g/mol. The molecule has 0 saturated heterocycles. The average molecular weight is 270 g/mol. The van der Waals surface area contributed by atoms with Gasteiger partial charge < -0.3 is 15.8 Å². The second-order valence-electron chi connectivity index (χ2n) is 4.29. The van der Waals surface area contributed by atoms with E-state index in [1.54, 1.807) is 6.26 Å². The van der Waals surface area contributed by atoms with Gasteiger partial charge in [-0.2, -0.15) is 0 Å². The molecule has 2 atom stereocenters. The quantitative estimate of drug-likeness (QED) is 0.746. The summed E-state index contributed by atoms with van der Waals surface area (Å²) in [5, 5.41) is 3.35. The molecule has 1 aromatic carbocycles. The fraction of sp³-hybridized carbons (Fsp3) is 0.538. The van der Waals surface area contributed by atoms with Crippen LogP contribution >= 0.6 is 0 Å². The van der Waals surface area contributed by atoms with E-state index in [1.807, 2.05) is 25.1 Å². The Hall–Kier alpha value is -1.23. The fourth-order valence-corrected chi connectivity index (χ4v) is 1.68. The summed E-state index contributed by atoms with van der Waals surface area (Å²) in [6, 6.07) is 5.61. The Balaban J connectivity index is 2.63. The number of hydrogen-bond donors (Lipinski definition) is 2. The van der Waals surface area contributed by atoms with Gasteiger partial charge in [0.05, 0.1) is 12.3 Å². The van der Waals surface area contributed by atoms with Crippen LogP contribution in [0.25, 0.3) is 0 Å². The van der Waals surface area contributed by atoms with Gasteiger partial charge in [0.15, 0.2) is 0 Å². The summed E-state index contributed by atoms with van der Waals surface area (Å²) < 4.78 is 16.8. The Labute approximate surface area is 111 Å². The topological polar surface area (TPSA) is 64.3 Å². The van der Waals surface area contributed by atoms with Crippen LogP contribution in [0.3, 0.4) is 0 Å². The summed E-state index contributed by atoms with van der Waals surface area (Å²) >= 11 is 0. The minimum Gasteiger partial charge on any atom is -0.491 e. The van der Waals surface area contributed by atoms with Crippen LogP contribution in [0.15, 0.2) is 18.2 Å². The molecular formula is C13H22N2O2S. The van der Waals surface area contributed by atoms with Crippen molar-refractivity contribution >= 4 is 22.2 Å². The van der Waals surface area contributed by atoms with Gasteiger partial charge in [0.25, 0.3) is 0 Å². The highest BCUT2D eigenvalue weighted by Gasteiger charge is 2.07. The maximum atomic E-state index is 11.3. The number of nitrogen functional groups attached to an aromatic ring is 1. The number of rotatable bonds is 7. The highest BCUT2D eigenvalue weighted by atomic mass is 32.2. The molecule has 0 aliphatic heterocycles. The van der Waals surface area contributed by atoms with Gasteiger partial charge in [0, 0.05) is 40.6 Å². The van der Waals surface area contributed by atoms with Crippen LogP contribution < -0.4 is 15.8 Å². The Morgan fingerprint density at radius 3 is 2.83 bits per heavy atom. The fourth-order valence-electron chi connectivity index (χ4n) is 1.36. The smallest absolute Gasteiger partial charge is 0.144 e. The number of ether oxygens (including phenoxy) is 1. The van der Waals surface area contributed by atoms with Crippen molar-refractivity contribution < 1.29 is 8.95 Å². The summed E-state index contributed by atoms with van der Waals surface area (Å²) in [5.74, 6) is 0.701. The van der Waals surface area contributed by atoms with E-state index in [1.165, 1.54) is 0 Å². The van der Waals surface area contributed by atoms with Crippen molar-refractivity contribution in [1.82, 2.24) is 0 Å². The van der Waals surface area contributed by atoms with Crippen LogP contribution in [0.5, 0.6) is 5.75 Å². The van der Waals surface area contributed by atoms with Crippen molar-refractivity contribution in [3.63, 3.8) is 0 Å². The first kappa shape index (κ1) is 14.8. The second kappa shape index (κ2) is 7.26. The molecule has 0 spiro atoms. The average Bonchev–Trinajstić information content (AvgIpc) is 2.35. The predicted molar refractivity (Wildman–Crippen MR) is 78.7 cm³/mol. The standard InChI is InChI=1S/C13H22N2O2S/c1-4-7-17-13-8-11(5-6-12(13)14)15-9-10(2)18(3)16/h5-6,8,10,15H,4,7,9,14H2,1-3H3. The molecule has 0 amide bonds. The van der Waals surface area contributed by atoms with Crippen molar-refractivity contribution in [2.24, 2.45) is 0 Å². The highest BCUT2D eigenvalue weighted by Crippen LogP contribution is 2.25. The lowest BCUT2D eigenvalue weighted by atomic mass is 10.2. The first-order chi connectivity index (χ1) is 8.54. The zero-order valence-electron chi connectivity index (χ0n) is 11.2. The van der Waals surface area contributed by atoms with Gasteiger partial charge in [-0.3, -0.25) is 4.21 Å². The summed E-state index contributed by atoms with van der Waals surface area (Å²) in [6.45, 7) is 5.33. The van der Waals surface area contributed by atoms with Gasteiger partial charge in [-0.1, -0.05) is 6.92 Å². The molecule has 0 aliphatic rings. The normalized spacial score (nSPS) is 13.9. The SMILES string of the molecule is CCCOc1cc(NCC(C)S(C)=O)ccc1N.